The van der Waals surface area contributed by atoms with Crippen molar-refractivity contribution in [2.45, 2.75) is 6.10 Å². The lowest BCUT2D eigenvalue weighted by molar-refractivity contribution is 0.00554. The van der Waals surface area contributed by atoms with Gasteiger partial charge in [-0.15, -0.1) is 0 Å². The molecule has 0 aliphatic carbocycles. The van der Waals surface area contributed by atoms with Crippen molar-refractivity contribution in [1.29, 1.82) is 0 Å². The first kappa shape index (κ1) is 9.72. The van der Waals surface area contributed by atoms with E-state index in [1.54, 1.807) is 0 Å². The molecule has 15 heavy (non-hydrogen) atoms. The topological polar surface area (TPSA) is 93.6 Å². The molecule has 1 aliphatic rings. The van der Waals surface area contributed by atoms with Crippen molar-refractivity contribution >= 4 is 11.9 Å². The number of hydrogen-bond donors (Lipinski definition) is 3. The predicted molar refractivity (Wildman–Crippen MR) is 49.7 cm³/mol. The lowest BCUT2D eigenvalue weighted by atomic mass is 10.1. The summed E-state index contributed by atoms with van der Waals surface area (Å²) >= 11 is 0. The molecule has 1 saturated heterocycles. The second-order valence-corrected chi connectivity index (χ2v) is 3.45. The Labute approximate surface area is 85.1 Å². The fourth-order valence-electron chi connectivity index (χ4n) is 1.44. The largest absolute Gasteiger partial charge is 0.477 e. The van der Waals surface area contributed by atoms with Gasteiger partial charge in [-0.2, -0.15) is 0 Å². The Morgan fingerprint density at radius 2 is 1.93 bits per heavy atom. The summed E-state index contributed by atoms with van der Waals surface area (Å²) in [5, 5.41) is 17.6. The van der Waals surface area contributed by atoms with Gasteiger partial charge in [-0.05, 0) is 12.1 Å². The number of nitrogens with zero attached hydrogens (tertiary/aromatic N) is 1. The number of aromatic carboxylic acids is 1. The number of aliphatic hydroxyl groups is 1. The van der Waals surface area contributed by atoms with E-state index in [9.17, 15) is 9.59 Å². The van der Waals surface area contributed by atoms with Gasteiger partial charge in [-0.25, -0.2) is 4.79 Å². The number of hydrogen-bond acceptors (Lipinski definition) is 3. The maximum atomic E-state index is 11.6. The highest BCUT2D eigenvalue weighted by Gasteiger charge is 2.30. The second-order valence-electron chi connectivity index (χ2n) is 3.45. The van der Waals surface area contributed by atoms with E-state index in [0.29, 0.717) is 13.1 Å². The Balaban J connectivity index is 2.09. The Morgan fingerprint density at radius 3 is 2.40 bits per heavy atom. The number of nitrogens with one attached hydrogen (secondary N) is 1. The molecule has 0 atom stereocenters. The number of amides is 1. The number of aromatic amines is 1. The van der Waals surface area contributed by atoms with Gasteiger partial charge in [0.25, 0.3) is 5.91 Å². The van der Waals surface area contributed by atoms with Crippen LogP contribution in [-0.4, -0.2) is 51.2 Å². The van der Waals surface area contributed by atoms with Gasteiger partial charge in [0.05, 0.1) is 6.10 Å². The number of likely N-dealkylation sites (tertiary alicyclic amines) is 1. The van der Waals surface area contributed by atoms with Crippen molar-refractivity contribution in [1.82, 2.24) is 9.88 Å². The number of aliphatic hydroxyl groups excluding tert-OH is 1. The molecule has 0 saturated carbocycles. The number of β-amino-alcohol motifs (C(OH)–C–C–N with tert-alkyl or cyclic N) is 1. The standard InChI is InChI=1S/C9H10N2O4/c12-5-3-11(4-5)8(13)6-1-2-7(10-6)9(14)15/h1-2,5,10,12H,3-4H2,(H,14,15). The quantitative estimate of drug-likeness (QED) is 0.615. The number of H-pyrrole nitrogens is 1. The lowest BCUT2D eigenvalue weighted by Gasteiger charge is -2.35. The molecule has 80 valence electrons. The Bertz CT molecular complexity index is 406. The van der Waals surface area contributed by atoms with Crippen LogP contribution in [0, 0.1) is 0 Å². The van der Waals surface area contributed by atoms with E-state index < -0.39 is 12.1 Å². The summed E-state index contributed by atoms with van der Waals surface area (Å²) in [7, 11) is 0. The van der Waals surface area contributed by atoms with Crippen molar-refractivity contribution < 1.29 is 19.8 Å². The van der Waals surface area contributed by atoms with Crippen molar-refractivity contribution in [3.8, 4) is 0 Å². The van der Waals surface area contributed by atoms with E-state index in [1.165, 1.54) is 17.0 Å². The van der Waals surface area contributed by atoms with Crippen LogP contribution in [0.25, 0.3) is 0 Å². The molecular weight excluding hydrogens is 200 g/mol. The molecule has 1 amide bonds. The van der Waals surface area contributed by atoms with Crippen molar-refractivity contribution in [2.24, 2.45) is 0 Å². The second kappa shape index (κ2) is 3.39. The summed E-state index contributed by atoms with van der Waals surface area (Å²) < 4.78 is 0. The van der Waals surface area contributed by atoms with Crippen molar-refractivity contribution in [3.63, 3.8) is 0 Å². The Morgan fingerprint density at radius 1 is 1.33 bits per heavy atom. The molecule has 0 aromatic carbocycles. The molecule has 0 radical (unpaired) electrons. The third-order valence-electron chi connectivity index (χ3n) is 2.30. The molecule has 6 heteroatoms. The third-order valence-corrected chi connectivity index (χ3v) is 2.30. The molecule has 1 aliphatic heterocycles. The number of carboxylic acids is 1. The molecule has 1 aromatic heterocycles. The zero-order valence-corrected chi connectivity index (χ0v) is 7.80. The minimum Gasteiger partial charge on any atom is -0.477 e. The normalized spacial score (nSPS) is 16.2. The zero-order valence-electron chi connectivity index (χ0n) is 7.80. The molecule has 0 unspecified atom stereocenters. The van der Waals surface area contributed by atoms with Gasteiger partial charge in [-0.3, -0.25) is 4.79 Å². The first-order chi connectivity index (χ1) is 7.08. The van der Waals surface area contributed by atoms with Crippen molar-refractivity contribution in [3.05, 3.63) is 23.5 Å². The van der Waals surface area contributed by atoms with Gasteiger partial charge in [0.1, 0.15) is 11.4 Å². The number of carbonyl (C=O) groups is 2. The third kappa shape index (κ3) is 1.71. The summed E-state index contributed by atoms with van der Waals surface area (Å²) in [5.41, 5.74) is 0.221. The van der Waals surface area contributed by atoms with Crippen LogP contribution in [0.5, 0.6) is 0 Å². The summed E-state index contributed by atoms with van der Waals surface area (Å²) in [6.07, 6.45) is -0.456. The summed E-state index contributed by atoms with van der Waals surface area (Å²) in [6.45, 7) is 0.612. The van der Waals surface area contributed by atoms with Crippen LogP contribution in [0.3, 0.4) is 0 Å². The molecule has 0 bridgehead atoms. The average molecular weight is 210 g/mol. The van der Waals surface area contributed by atoms with E-state index in [1.807, 2.05) is 0 Å². The van der Waals surface area contributed by atoms with E-state index in [0.717, 1.165) is 0 Å². The first-order valence-electron chi connectivity index (χ1n) is 4.47. The Kier molecular flexibility index (Phi) is 2.20. The molecule has 3 N–H and O–H groups in total. The molecule has 2 heterocycles. The number of rotatable bonds is 2. The fraction of sp³-hybridized carbons (Fsp3) is 0.333. The van der Waals surface area contributed by atoms with E-state index in [4.69, 9.17) is 10.2 Å². The van der Waals surface area contributed by atoms with E-state index >= 15 is 0 Å². The molecule has 6 nitrogen and oxygen atoms in total. The number of carbonyl (C=O) groups excluding carboxylic acids is 1. The average Bonchev–Trinajstić information content (AvgIpc) is 2.60. The lowest BCUT2D eigenvalue weighted by Crippen LogP contribution is -2.53. The SMILES string of the molecule is O=C(O)c1ccc(C(=O)N2CC(O)C2)[nH]1. The van der Waals surface area contributed by atoms with Gasteiger partial charge < -0.3 is 20.1 Å². The maximum absolute atomic E-state index is 11.6. The fourth-order valence-corrected chi connectivity index (χ4v) is 1.44. The van der Waals surface area contributed by atoms with Gasteiger partial charge in [0.15, 0.2) is 0 Å². The smallest absolute Gasteiger partial charge is 0.352 e. The molecule has 1 aromatic rings. The number of carboxylic acid groups (broad SMARTS) is 1. The minimum absolute atomic E-state index is 0.0144. The maximum Gasteiger partial charge on any atom is 0.352 e. The van der Waals surface area contributed by atoms with Crippen LogP contribution < -0.4 is 0 Å². The van der Waals surface area contributed by atoms with Crippen LogP contribution in [0.15, 0.2) is 12.1 Å². The van der Waals surface area contributed by atoms with Gasteiger partial charge in [0.2, 0.25) is 0 Å². The summed E-state index contributed by atoms with van der Waals surface area (Å²) in [6, 6.07) is 2.77. The van der Waals surface area contributed by atoms with Crippen LogP contribution in [0.1, 0.15) is 21.0 Å². The highest BCUT2D eigenvalue weighted by atomic mass is 16.4. The first-order valence-corrected chi connectivity index (χ1v) is 4.47. The summed E-state index contributed by atoms with van der Waals surface area (Å²) in [4.78, 5) is 26.1. The van der Waals surface area contributed by atoms with Crippen molar-refractivity contribution in [2.75, 3.05) is 13.1 Å². The number of aromatic nitrogens is 1. The van der Waals surface area contributed by atoms with E-state index in [-0.39, 0.29) is 17.3 Å². The van der Waals surface area contributed by atoms with Gasteiger partial charge in [0, 0.05) is 13.1 Å². The highest BCUT2D eigenvalue weighted by Crippen LogP contribution is 2.12. The van der Waals surface area contributed by atoms with Crippen LogP contribution in [0.4, 0.5) is 0 Å². The Hall–Kier alpha value is -1.82. The van der Waals surface area contributed by atoms with Crippen LogP contribution >= 0.6 is 0 Å². The summed E-state index contributed by atoms with van der Waals surface area (Å²) in [5.74, 6) is -1.38. The van der Waals surface area contributed by atoms with Gasteiger partial charge in [-0.1, -0.05) is 0 Å². The highest BCUT2D eigenvalue weighted by molar-refractivity contribution is 5.95. The van der Waals surface area contributed by atoms with Crippen LogP contribution in [0.2, 0.25) is 0 Å². The van der Waals surface area contributed by atoms with Gasteiger partial charge >= 0.3 is 5.97 Å². The molecule has 0 spiro atoms. The minimum atomic E-state index is -1.10. The predicted octanol–water partition coefficient (Wildman–Crippen LogP) is -0.470. The molecule has 1 fully saturated rings. The molecule has 2 rings (SSSR count). The zero-order chi connectivity index (χ0) is 11.0. The molecular formula is C9H10N2O4. The monoisotopic (exact) mass is 210 g/mol. The van der Waals surface area contributed by atoms with E-state index in [2.05, 4.69) is 4.98 Å². The van der Waals surface area contributed by atoms with Crippen LogP contribution in [-0.2, 0) is 0 Å².